The van der Waals surface area contributed by atoms with Crippen LogP contribution in [0, 0.1) is 5.82 Å². The van der Waals surface area contributed by atoms with E-state index < -0.39 is 11.7 Å². The van der Waals surface area contributed by atoms with Crippen LogP contribution < -0.4 is 10.6 Å². The molecule has 0 bridgehead atoms. The minimum Gasteiger partial charge on any atom is -0.324 e. The van der Waals surface area contributed by atoms with Gasteiger partial charge in [0.05, 0.1) is 23.1 Å². The number of hydrogen-bond acceptors (Lipinski definition) is 3. The second kappa shape index (κ2) is 6.96. The summed E-state index contributed by atoms with van der Waals surface area (Å²) in [6.45, 7) is 1.28. The maximum Gasteiger partial charge on any atom is 0.258 e. The van der Waals surface area contributed by atoms with Gasteiger partial charge in [-0.2, -0.15) is 5.10 Å². The van der Waals surface area contributed by atoms with Gasteiger partial charge in [-0.15, -0.1) is 0 Å². The summed E-state index contributed by atoms with van der Waals surface area (Å²) in [7, 11) is 0. The summed E-state index contributed by atoms with van der Waals surface area (Å²) in [5.74, 6) is -1.36. The third kappa shape index (κ3) is 3.89. The van der Waals surface area contributed by atoms with Crippen molar-refractivity contribution in [1.29, 1.82) is 0 Å². The van der Waals surface area contributed by atoms with Gasteiger partial charge in [0.25, 0.3) is 5.91 Å². The Morgan fingerprint density at radius 1 is 1.08 bits per heavy atom. The van der Waals surface area contributed by atoms with Gasteiger partial charge in [0.2, 0.25) is 5.91 Å². The van der Waals surface area contributed by atoms with E-state index in [9.17, 15) is 14.0 Å². The lowest BCUT2D eigenvalue weighted by molar-refractivity contribution is -0.114. The van der Waals surface area contributed by atoms with Gasteiger partial charge < -0.3 is 10.6 Å². The van der Waals surface area contributed by atoms with Crippen LogP contribution >= 0.6 is 0 Å². The van der Waals surface area contributed by atoms with Crippen molar-refractivity contribution >= 4 is 23.2 Å². The van der Waals surface area contributed by atoms with Gasteiger partial charge >= 0.3 is 0 Å². The van der Waals surface area contributed by atoms with Crippen molar-refractivity contribution in [2.75, 3.05) is 10.6 Å². The van der Waals surface area contributed by atoms with Crippen LogP contribution in [0.2, 0.25) is 0 Å². The average molecular weight is 338 g/mol. The van der Waals surface area contributed by atoms with Crippen molar-refractivity contribution in [1.82, 2.24) is 9.78 Å². The summed E-state index contributed by atoms with van der Waals surface area (Å²) in [6.07, 6.45) is 3.05. The standard InChI is InChI=1S/C18H15FN4O2/c1-12(24)21-17-9-14(7-8-16(17)19)22-18(25)13-10-20-23(11-13)15-5-3-2-4-6-15/h2-11H,1H3,(H,21,24)(H,22,25). The van der Waals surface area contributed by atoms with Crippen molar-refractivity contribution in [3.63, 3.8) is 0 Å². The smallest absolute Gasteiger partial charge is 0.258 e. The molecule has 2 amide bonds. The maximum atomic E-state index is 13.6. The summed E-state index contributed by atoms with van der Waals surface area (Å²) in [4.78, 5) is 23.4. The molecule has 0 aliphatic carbocycles. The highest BCUT2D eigenvalue weighted by atomic mass is 19.1. The first-order chi connectivity index (χ1) is 12.0. The Kier molecular flexibility index (Phi) is 4.56. The molecule has 0 aliphatic rings. The molecule has 0 atom stereocenters. The van der Waals surface area contributed by atoms with E-state index in [1.165, 1.54) is 31.3 Å². The van der Waals surface area contributed by atoms with E-state index in [2.05, 4.69) is 15.7 Å². The van der Waals surface area contributed by atoms with E-state index in [0.29, 0.717) is 11.3 Å². The zero-order valence-electron chi connectivity index (χ0n) is 13.4. The molecule has 0 fully saturated rings. The first kappa shape index (κ1) is 16.4. The highest BCUT2D eigenvalue weighted by Crippen LogP contribution is 2.20. The lowest BCUT2D eigenvalue weighted by Gasteiger charge is -2.08. The molecule has 7 heteroatoms. The van der Waals surface area contributed by atoms with Crippen LogP contribution in [0.25, 0.3) is 5.69 Å². The summed E-state index contributed by atoms with van der Waals surface area (Å²) in [5, 5.41) is 9.18. The van der Waals surface area contributed by atoms with Crippen LogP contribution in [0.1, 0.15) is 17.3 Å². The Balaban J connectivity index is 1.77. The summed E-state index contributed by atoms with van der Waals surface area (Å²) < 4.78 is 15.2. The predicted molar refractivity (Wildman–Crippen MR) is 92.2 cm³/mol. The highest BCUT2D eigenvalue weighted by Gasteiger charge is 2.12. The highest BCUT2D eigenvalue weighted by molar-refractivity contribution is 6.04. The maximum absolute atomic E-state index is 13.6. The van der Waals surface area contributed by atoms with Crippen LogP contribution in [0.4, 0.5) is 15.8 Å². The number of rotatable bonds is 4. The molecule has 0 radical (unpaired) electrons. The molecule has 3 rings (SSSR count). The van der Waals surface area contributed by atoms with Crippen molar-refractivity contribution < 1.29 is 14.0 Å². The lowest BCUT2D eigenvalue weighted by atomic mass is 10.2. The number of para-hydroxylation sites is 1. The van der Waals surface area contributed by atoms with Crippen molar-refractivity contribution in [2.45, 2.75) is 6.92 Å². The van der Waals surface area contributed by atoms with Crippen LogP contribution in [-0.4, -0.2) is 21.6 Å². The first-order valence-corrected chi connectivity index (χ1v) is 7.51. The number of carbonyl (C=O) groups excluding carboxylic acids is 2. The molecule has 0 aliphatic heterocycles. The van der Waals surface area contributed by atoms with Crippen molar-refractivity contribution in [3.05, 3.63) is 72.3 Å². The fourth-order valence-corrected chi connectivity index (χ4v) is 2.25. The Morgan fingerprint density at radius 3 is 2.56 bits per heavy atom. The van der Waals surface area contributed by atoms with Gasteiger partial charge in [0.15, 0.2) is 0 Å². The van der Waals surface area contributed by atoms with E-state index >= 15 is 0 Å². The fraction of sp³-hybridized carbons (Fsp3) is 0.0556. The third-order valence-corrected chi connectivity index (χ3v) is 3.40. The Hall–Kier alpha value is -3.48. The molecule has 0 spiro atoms. The number of amides is 2. The van der Waals surface area contributed by atoms with Gasteiger partial charge in [0, 0.05) is 18.8 Å². The summed E-state index contributed by atoms with van der Waals surface area (Å²) in [6, 6.07) is 13.3. The fourth-order valence-electron chi connectivity index (χ4n) is 2.25. The second-order valence-corrected chi connectivity index (χ2v) is 5.34. The number of carbonyl (C=O) groups is 2. The lowest BCUT2D eigenvalue weighted by Crippen LogP contribution is -2.12. The number of halogens is 1. The quantitative estimate of drug-likeness (QED) is 0.767. The Bertz CT molecular complexity index is 922. The number of anilines is 2. The van der Waals surface area contributed by atoms with Gasteiger partial charge in [-0.1, -0.05) is 18.2 Å². The normalized spacial score (nSPS) is 10.3. The predicted octanol–water partition coefficient (Wildman–Crippen LogP) is 3.22. The SMILES string of the molecule is CC(=O)Nc1cc(NC(=O)c2cnn(-c3ccccc3)c2)ccc1F. The van der Waals surface area contributed by atoms with E-state index in [0.717, 1.165) is 5.69 Å². The zero-order valence-corrected chi connectivity index (χ0v) is 13.4. The number of nitrogens with one attached hydrogen (secondary N) is 2. The number of hydrogen-bond donors (Lipinski definition) is 2. The Morgan fingerprint density at radius 2 is 1.84 bits per heavy atom. The molecule has 0 saturated carbocycles. The monoisotopic (exact) mass is 338 g/mol. The van der Waals surface area contributed by atoms with Crippen LogP contribution in [0.5, 0.6) is 0 Å². The van der Waals surface area contributed by atoms with E-state index in [1.54, 1.807) is 10.9 Å². The van der Waals surface area contributed by atoms with Crippen LogP contribution in [0.3, 0.4) is 0 Å². The number of aromatic nitrogens is 2. The molecule has 6 nitrogen and oxygen atoms in total. The molecule has 2 aromatic carbocycles. The van der Waals surface area contributed by atoms with Crippen LogP contribution in [-0.2, 0) is 4.79 Å². The molecule has 1 aromatic heterocycles. The number of benzene rings is 2. The minimum absolute atomic E-state index is 0.00489. The molecule has 0 saturated heterocycles. The molecule has 3 aromatic rings. The zero-order chi connectivity index (χ0) is 17.8. The average Bonchev–Trinajstić information content (AvgIpc) is 3.08. The minimum atomic E-state index is -0.579. The van der Waals surface area contributed by atoms with E-state index in [1.807, 2.05) is 30.3 Å². The van der Waals surface area contributed by atoms with Crippen molar-refractivity contribution in [2.24, 2.45) is 0 Å². The molecular formula is C18H15FN4O2. The van der Waals surface area contributed by atoms with Gasteiger partial charge in [0.1, 0.15) is 5.82 Å². The Labute approximate surface area is 143 Å². The molecule has 1 heterocycles. The molecule has 2 N–H and O–H groups in total. The first-order valence-electron chi connectivity index (χ1n) is 7.51. The van der Waals surface area contributed by atoms with Gasteiger partial charge in [-0.25, -0.2) is 9.07 Å². The topological polar surface area (TPSA) is 76.0 Å². The summed E-state index contributed by atoms with van der Waals surface area (Å²) in [5.41, 5.74) is 1.55. The molecule has 126 valence electrons. The van der Waals surface area contributed by atoms with Crippen molar-refractivity contribution in [3.8, 4) is 5.69 Å². The molecular weight excluding hydrogens is 323 g/mol. The third-order valence-electron chi connectivity index (χ3n) is 3.40. The summed E-state index contributed by atoms with van der Waals surface area (Å²) >= 11 is 0. The molecule has 0 unspecified atom stereocenters. The van der Waals surface area contributed by atoms with E-state index in [4.69, 9.17) is 0 Å². The molecule has 25 heavy (non-hydrogen) atoms. The van der Waals surface area contributed by atoms with Crippen LogP contribution in [0.15, 0.2) is 60.9 Å². The number of nitrogens with zero attached hydrogens (tertiary/aromatic N) is 2. The second-order valence-electron chi connectivity index (χ2n) is 5.34. The van der Waals surface area contributed by atoms with E-state index in [-0.39, 0.29) is 11.6 Å². The largest absolute Gasteiger partial charge is 0.324 e. The van der Waals surface area contributed by atoms with Gasteiger partial charge in [-0.3, -0.25) is 9.59 Å². The van der Waals surface area contributed by atoms with Gasteiger partial charge in [-0.05, 0) is 30.3 Å².